The topological polar surface area (TPSA) is 40.5 Å². The lowest BCUT2D eigenvalue weighted by Crippen LogP contribution is -2.34. The molecule has 0 aromatic rings. The molecule has 3 nitrogen and oxygen atoms in total. The van der Waals surface area contributed by atoms with Gasteiger partial charge in [-0.15, -0.1) is 17.0 Å². The van der Waals surface area contributed by atoms with Crippen molar-refractivity contribution in [2.24, 2.45) is 0 Å². The lowest BCUT2D eigenvalue weighted by atomic mass is 10.2. The van der Waals surface area contributed by atoms with Gasteiger partial charge in [0, 0.05) is 6.04 Å². The first-order valence-electron chi connectivity index (χ1n) is 4.07. The molecule has 0 aliphatic heterocycles. The predicted octanol–water partition coefficient (Wildman–Crippen LogP) is 1.77. The van der Waals surface area contributed by atoms with Crippen molar-refractivity contribution in [2.45, 2.75) is 33.2 Å². The number of carboxylic acids is 1. The van der Waals surface area contributed by atoms with Crippen LogP contribution in [0.4, 0.5) is 0 Å². The number of aliphatic carboxylic acids is 1. The molecular weight excluding hydrogens is 222 g/mol. The van der Waals surface area contributed by atoms with Crippen LogP contribution in [0.15, 0.2) is 0 Å². The SMILES string of the molecule is Br.CCN(CC)C(C)CC(=O)O. The molecule has 12 heavy (non-hydrogen) atoms. The van der Waals surface area contributed by atoms with Gasteiger partial charge in [0.05, 0.1) is 6.42 Å². The monoisotopic (exact) mass is 239 g/mol. The van der Waals surface area contributed by atoms with Crippen molar-refractivity contribution in [3.8, 4) is 0 Å². The van der Waals surface area contributed by atoms with Gasteiger partial charge in [0.2, 0.25) is 0 Å². The Morgan fingerprint density at radius 2 is 1.83 bits per heavy atom. The molecule has 0 aromatic carbocycles. The molecule has 0 fully saturated rings. The third-order valence-electron chi connectivity index (χ3n) is 1.91. The fourth-order valence-corrected chi connectivity index (χ4v) is 1.23. The van der Waals surface area contributed by atoms with Gasteiger partial charge in [-0.25, -0.2) is 0 Å². The summed E-state index contributed by atoms with van der Waals surface area (Å²) in [6.07, 6.45) is 0.238. The summed E-state index contributed by atoms with van der Waals surface area (Å²) in [5, 5.41) is 8.50. The van der Waals surface area contributed by atoms with Crippen LogP contribution in [0.1, 0.15) is 27.2 Å². The summed E-state index contributed by atoms with van der Waals surface area (Å²) in [7, 11) is 0. The van der Waals surface area contributed by atoms with Crippen LogP contribution >= 0.6 is 17.0 Å². The highest BCUT2D eigenvalue weighted by atomic mass is 79.9. The second-order valence-corrected chi connectivity index (χ2v) is 2.67. The minimum atomic E-state index is -0.718. The van der Waals surface area contributed by atoms with Crippen LogP contribution in [-0.4, -0.2) is 35.1 Å². The van der Waals surface area contributed by atoms with E-state index >= 15 is 0 Å². The summed E-state index contributed by atoms with van der Waals surface area (Å²) in [4.78, 5) is 12.5. The van der Waals surface area contributed by atoms with Crippen LogP contribution in [0.25, 0.3) is 0 Å². The Hall–Kier alpha value is -0.0900. The van der Waals surface area contributed by atoms with Crippen molar-refractivity contribution in [1.29, 1.82) is 0 Å². The van der Waals surface area contributed by atoms with Crippen molar-refractivity contribution in [3.05, 3.63) is 0 Å². The van der Waals surface area contributed by atoms with E-state index in [2.05, 4.69) is 4.90 Å². The summed E-state index contributed by atoms with van der Waals surface area (Å²) >= 11 is 0. The molecule has 1 N–H and O–H groups in total. The number of carbonyl (C=O) groups is 1. The van der Waals surface area contributed by atoms with Gasteiger partial charge in [0.25, 0.3) is 0 Å². The standard InChI is InChI=1S/C8H17NO2.BrH/c1-4-9(5-2)7(3)6-8(10)11;/h7H,4-6H2,1-3H3,(H,10,11);1H. The van der Waals surface area contributed by atoms with Gasteiger partial charge in [0.15, 0.2) is 0 Å². The molecule has 0 saturated carbocycles. The molecular formula is C8H18BrNO2. The Morgan fingerprint density at radius 3 is 2.08 bits per heavy atom. The van der Waals surface area contributed by atoms with Crippen molar-refractivity contribution < 1.29 is 9.90 Å². The molecule has 74 valence electrons. The molecule has 0 heterocycles. The maximum Gasteiger partial charge on any atom is 0.304 e. The van der Waals surface area contributed by atoms with Gasteiger partial charge in [-0.3, -0.25) is 4.79 Å². The molecule has 0 saturated heterocycles. The smallest absolute Gasteiger partial charge is 0.304 e. The van der Waals surface area contributed by atoms with E-state index in [-0.39, 0.29) is 29.4 Å². The molecule has 0 aromatic heterocycles. The van der Waals surface area contributed by atoms with Gasteiger partial charge >= 0.3 is 5.97 Å². The Morgan fingerprint density at radius 1 is 1.42 bits per heavy atom. The van der Waals surface area contributed by atoms with Crippen molar-refractivity contribution in [3.63, 3.8) is 0 Å². The zero-order chi connectivity index (χ0) is 8.85. The van der Waals surface area contributed by atoms with Gasteiger partial charge in [0.1, 0.15) is 0 Å². The number of hydrogen-bond acceptors (Lipinski definition) is 2. The molecule has 1 unspecified atom stereocenters. The molecule has 0 rings (SSSR count). The minimum Gasteiger partial charge on any atom is -0.481 e. The van der Waals surface area contributed by atoms with Crippen molar-refractivity contribution in [2.75, 3.05) is 13.1 Å². The zero-order valence-corrected chi connectivity index (χ0v) is 9.62. The average Bonchev–Trinajstić information content (AvgIpc) is 1.88. The Balaban J connectivity index is 0. The number of rotatable bonds is 5. The van der Waals surface area contributed by atoms with Crippen LogP contribution in [0.2, 0.25) is 0 Å². The largest absolute Gasteiger partial charge is 0.481 e. The van der Waals surface area contributed by atoms with E-state index in [9.17, 15) is 4.79 Å². The second kappa shape index (κ2) is 7.55. The highest BCUT2D eigenvalue weighted by molar-refractivity contribution is 8.93. The lowest BCUT2D eigenvalue weighted by molar-refractivity contribution is -0.138. The summed E-state index contributed by atoms with van der Waals surface area (Å²) < 4.78 is 0. The molecule has 1 atom stereocenters. The number of hydrogen-bond donors (Lipinski definition) is 1. The van der Waals surface area contributed by atoms with Gasteiger partial charge < -0.3 is 10.0 Å². The molecule has 0 aliphatic rings. The Labute approximate surface area is 84.5 Å². The maximum atomic E-state index is 10.3. The van der Waals surface area contributed by atoms with Crippen LogP contribution in [-0.2, 0) is 4.79 Å². The first-order valence-corrected chi connectivity index (χ1v) is 4.07. The number of halogens is 1. The quantitative estimate of drug-likeness (QED) is 0.796. The lowest BCUT2D eigenvalue weighted by Gasteiger charge is -2.24. The fraction of sp³-hybridized carbons (Fsp3) is 0.875. The van der Waals surface area contributed by atoms with E-state index in [1.807, 2.05) is 20.8 Å². The highest BCUT2D eigenvalue weighted by Gasteiger charge is 2.12. The van der Waals surface area contributed by atoms with Crippen LogP contribution in [0, 0.1) is 0 Å². The normalized spacial score (nSPS) is 12.3. The first kappa shape index (κ1) is 14.4. The molecule has 0 spiro atoms. The third kappa shape index (κ3) is 5.55. The van der Waals surface area contributed by atoms with Crippen LogP contribution in [0.5, 0.6) is 0 Å². The average molecular weight is 240 g/mol. The Bertz CT molecular complexity index is 126. The summed E-state index contributed by atoms with van der Waals surface area (Å²) in [6.45, 7) is 7.88. The van der Waals surface area contributed by atoms with Gasteiger partial charge in [-0.2, -0.15) is 0 Å². The second-order valence-electron chi connectivity index (χ2n) is 2.67. The fourth-order valence-electron chi connectivity index (χ4n) is 1.23. The summed E-state index contributed by atoms with van der Waals surface area (Å²) in [6, 6.07) is 0.155. The van der Waals surface area contributed by atoms with E-state index in [0.29, 0.717) is 0 Å². The predicted molar refractivity (Wildman–Crippen MR) is 55.0 cm³/mol. The zero-order valence-electron chi connectivity index (χ0n) is 7.91. The van der Waals surface area contributed by atoms with E-state index in [0.717, 1.165) is 13.1 Å². The summed E-state index contributed by atoms with van der Waals surface area (Å²) in [5.74, 6) is -0.718. The molecule has 0 aliphatic carbocycles. The maximum absolute atomic E-state index is 10.3. The molecule has 0 bridgehead atoms. The minimum absolute atomic E-state index is 0. The number of carboxylic acid groups (broad SMARTS) is 1. The van der Waals surface area contributed by atoms with Gasteiger partial charge in [-0.05, 0) is 20.0 Å². The summed E-state index contributed by atoms with van der Waals surface area (Å²) in [5.41, 5.74) is 0. The highest BCUT2D eigenvalue weighted by Crippen LogP contribution is 2.02. The van der Waals surface area contributed by atoms with E-state index in [4.69, 9.17) is 5.11 Å². The van der Waals surface area contributed by atoms with Crippen molar-refractivity contribution >= 4 is 23.0 Å². The number of nitrogens with zero attached hydrogens (tertiary/aromatic N) is 1. The molecule has 0 amide bonds. The molecule has 0 radical (unpaired) electrons. The molecule has 4 heteroatoms. The van der Waals surface area contributed by atoms with Crippen molar-refractivity contribution in [1.82, 2.24) is 4.90 Å². The van der Waals surface area contributed by atoms with Crippen LogP contribution in [0.3, 0.4) is 0 Å². The van der Waals surface area contributed by atoms with E-state index in [1.54, 1.807) is 0 Å². The first-order chi connectivity index (χ1) is 5.11. The van der Waals surface area contributed by atoms with E-state index < -0.39 is 5.97 Å². The van der Waals surface area contributed by atoms with E-state index in [1.165, 1.54) is 0 Å². The van der Waals surface area contributed by atoms with Crippen LogP contribution < -0.4 is 0 Å². The third-order valence-corrected chi connectivity index (χ3v) is 1.91. The van der Waals surface area contributed by atoms with Gasteiger partial charge in [-0.1, -0.05) is 13.8 Å². The Kier molecular flexibility index (Phi) is 9.09.